The first-order valence-corrected chi connectivity index (χ1v) is 13.8. The lowest BCUT2D eigenvalue weighted by atomic mass is 9.55. The second-order valence-corrected chi connectivity index (χ2v) is 11.8. The van der Waals surface area contributed by atoms with Gasteiger partial charge in [0.2, 0.25) is 17.7 Å². The first kappa shape index (κ1) is 25.6. The average molecular weight is 559 g/mol. The van der Waals surface area contributed by atoms with Gasteiger partial charge in [0.25, 0.3) is 0 Å². The van der Waals surface area contributed by atoms with Crippen molar-refractivity contribution in [2.75, 3.05) is 18.4 Å². The molecule has 2 spiro atoms. The van der Waals surface area contributed by atoms with E-state index in [1.807, 2.05) is 6.07 Å². The topological polar surface area (TPSA) is 90.5 Å². The number of likely N-dealkylation sites (tertiary alicyclic amines) is 1. The predicted molar refractivity (Wildman–Crippen MR) is 143 cm³/mol. The van der Waals surface area contributed by atoms with Gasteiger partial charge in [0.15, 0.2) is 0 Å². The summed E-state index contributed by atoms with van der Waals surface area (Å²) in [5, 5.41) is 10.1. The van der Waals surface area contributed by atoms with Crippen LogP contribution in [0, 0.1) is 5.82 Å². The fourth-order valence-electron chi connectivity index (χ4n) is 7.34. The summed E-state index contributed by atoms with van der Waals surface area (Å²) < 4.78 is 15.8. The molecule has 1 saturated carbocycles. The summed E-state index contributed by atoms with van der Waals surface area (Å²) in [6.45, 7) is 2.33. The normalized spacial score (nSPS) is 27.8. The van der Waals surface area contributed by atoms with Crippen LogP contribution in [0.15, 0.2) is 36.4 Å². The Morgan fingerprint density at radius 1 is 1.11 bits per heavy atom. The minimum absolute atomic E-state index is 0.0497. The van der Waals surface area contributed by atoms with Crippen molar-refractivity contribution in [1.82, 2.24) is 15.5 Å². The van der Waals surface area contributed by atoms with Crippen molar-refractivity contribution < 1.29 is 18.8 Å². The van der Waals surface area contributed by atoms with Crippen molar-refractivity contribution in [3.05, 3.63) is 63.4 Å². The molecule has 2 aromatic carbocycles. The molecule has 2 saturated heterocycles. The molecule has 10 heteroatoms. The van der Waals surface area contributed by atoms with Crippen molar-refractivity contribution in [3.63, 3.8) is 0 Å². The maximum Gasteiger partial charge on any atom is 0.238 e. The number of nitrogens with one attached hydrogen (secondary N) is 3. The summed E-state index contributed by atoms with van der Waals surface area (Å²) in [7, 11) is 0. The van der Waals surface area contributed by atoms with Gasteiger partial charge in [-0.3, -0.25) is 19.7 Å². The first-order valence-electron chi connectivity index (χ1n) is 13.1. The zero-order chi connectivity index (χ0) is 26.8. The molecule has 3 fully saturated rings. The van der Waals surface area contributed by atoms with E-state index in [-0.39, 0.29) is 34.3 Å². The number of rotatable bonds is 3. The standard InChI is InChI=1S/C28H29Cl2FN4O3/c1-15(36)35-13-17(14-35)32-25(37)24-22(18-6-5-7-20(30)23(18)31)28(27(34-24)10-3-2-4-11-27)19-9-8-16(29)12-21(19)33-26(28)38/h5-9,12,17,22,24,34H,2-4,10-11,13-14H2,1H3,(H,32,37)(H,33,38)/t22-,24+,28?/m0/s1. The Bertz CT molecular complexity index is 1340. The van der Waals surface area contributed by atoms with Crippen LogP contribution in [0.5, 0.6) is 0 Å². The van der Waals surface area contributed by atoms with Crippen LogP contribution in [0.25, 0.3) is 0 Å². The second kappa shape index (κ2) is 9.21. The Hall–Kier alpha value is -2.68. The van der Waals surface area contributed by atoms with Crippen LogP contribution < -0.4 is 16.0 Å². The summed E-state index contributed by atoms with van der Waals surface area (Å²) >= 11 is 12.6. The first-order chi connectivity index (χ1) is 18.2. The lowest BCUT2D eigenvalue weighted by molar-refractivity contribution is -0.136. The van der Waals surface area contributed by atoms with Crippen molar-refractivity contribution in [2.24, 2.45) is 0 Å². The highest BCUT2D eigenvalue weighted by Crippen LogP contribution is 2.62. The highest BCUT2D eigenvalue weighted by Gasteiger charge is 2.72. The number of benzene rings is 2. The van der Waals surface area contributed by atoms with Gasteiger partial charge in [-0.25, -0.2) is 4.39 Å². The van der Waals surface area contributed by atoms with Crippen LogP contribution in [0.4, 0.5) is 10.1 Å². The van der Waals surface area contributed by atoms with Gasteiger partial charge in [-0.15, -0.1) is 0 Å². The van der Waals surface area contributed by atoms with Gasteiger partial charge in [-0.05, 0) is 42.2 Å². The van der Waals surface area contributed by atoms with Crippen molar-refractivity contribution >= 4 is 46.6 Å². The summed E-state index contributed by atoms with van der Waals surface area (Å²) in [6.07, 6.45) is 4.09. The van der Waals surface area contributed by atoms with E-state index in [1.165, 1.54) is 13.0 Å². The maximum absolute atomic E-state index is 15.8. The molecule has 0 aromatic heterocycles. The van der Waals surface area contributed by atoms with Crippen LogP contribution in [-0.2, 0) is 19.8 Å². The number of anilines is 1. The van der Waals surface area contributed by atoms with E-state index in [0.717, 1.165) is 19.3 Å². The molecule has 1 unspecified atom stereocenters. The molecular formula is C28H29Cl2FN4O3. The predicted octanol–water partition coefficient (Wildman–Crippen LogP) is 4.13. The molecule has 4 aliphatic rings. The van der Waals surface area contributed by atoms with E-state index < -0.39 is 28.7 Å². The third kappa shape index (κ3) is 3.60. The molecule has 7 nitrogen and oxygen atoms in total. The number of carbonyl (C=O) groups excluding carboxylic acids is 3. The molecule has 3 N–H and O–H groups in total. The SMILES string of the molecule is CC(=O)N1CC(NC(=O)[C@@H]2NC3(CCCCC3)C3(C(=O)Nc4cc(Cl)ccc43)[C@H]2c2cccc(Cl)c2F)C1. The third-order valence-electron chi connectivity index (χ3n) is 8.98. The largest absolute Gasteiger partial charge is 0.348 e. The van der Waals surface area contributed by atoms with Gasteiger partial charge in [0, 0.05) is 42.2 Å². The molecule has 1 aliphatic carbocycles. The highest BCUT2D eigenvalue weighted by atomic mass is 35.5. The number of nitrogens with zero attached hydrogens (tertiary/aromatic N) is 1. The Morgan fingerprint density at radius 2 is 1.84 bits per heavy atom. The quantitative estimate of drug-likeness (QED) is 0.528. The zero-order valence-electron chi connectivity index (χ0n) is 21.0. The molecule has 3 aliphatic heterocycles. The maximum atomic E-state index is 15.8. The minimum atomic E-state index is -1.26. The molecule has 0 radical (unpaired) electrons. The zero-order valence-corrected chi connectivity index (χ0v) is 22.5. The number of fused-ring (bicyclic) bond motifs is 3. The number of carbonyl (C=O) groups is 3. The van der Waals surface area contributed by atoms with Gasteiger partial charge in [0.1, 0.15) is 11.2 Å². The van der Waals surface area contributed by atoms with Gasteiger partial charge in [0.05, 0.1) is 17.1 Å². The van der Waals surface area contributed by atoms with Crippen LogP contribution in [0.2, 0.25) is 10.0 Å². The Kier molecular flexibility index (Phi) is 6.20. The lowest BCUT2D eigenvalue weighted by Gasteiger charge is -2.47. The van der Waals surface area contributed by atoms with Crippen molar-refractivity contribution in [3.8, 4) is 0 Å². The molecule has 6 rings (SSSR count). The minimum Gasteiger partial charge on any atom is -0.348 e. The molecule has 38 heavy (non-hydrogen) atoms. The summed E-state index contributed by atoms with van der Waals surface area (Å²) in [5.41, 5.74) is -0.511. The molecule has 3 heterocycles. The van der Waals surface area contributed by atoms with E-state index in [1.54, 1.807) is 29.2 Å². The van der Waals surface area contributed by atoms with E-state index >= 15 is 4.39 Å². The fraction of sp³-hybridized carbons (Fsp3) is 0.464. The van der Waals surface area contributed by atoms with E-state index in [0.29, 0.717) is 42.2 Å². The summed E-state index contributed by atoms with van der Waals surface area (Å²) in [4.78, 5) is 41.5. The molecule has 0 bridgehead atoms. The van der Waals surface area contributed by atoms with Crippen LogP contribution in [-0.4, -0.2) is 53.3 Å². The molecule has 2 aromatic rings. The highest BCUT2D eigenvalue weighted by molar-refractivity contribution is 6.31. The molecule has 200 valence electrons. The van der Waals surface area contributed by atoms with E-state index in [4.69, 9.17) is 23.2 Å². The fourth-order valence-corrected chi connectivity index (χ4v) is 7.69. The summed E-state index contributed by atoms with van der Waals surface area (Å²) in [6, 6.07) is 8.92. The van der Waals surface area contributed by atoms with Gasteiger partial charge >= 0.3 is 0 Å². The number of hydrogen-bond acceptors (Lipinski definition) is 4. The van der Waals surface area contributed by atoms with Crippen molar-refractivity contribution in [2.45, 2.75) is 68.0 Å². The third-order valence-corrected chi connectivity index (χ3v) is 9.51. The number of amides is 3. The van der Waals surface area contributed by atoms with Gasteiger partial charge in [-0.1, -0.05) is 60.7 Å². The summed E-state index contributed by atoms with van der Waals surface area (Å²) in [5.74, 6) is -2.14. The Labute approximate surface area is 230 Å². The Balaban J connectivity index is 1.52. The second-order valence-electron chi connectivity index (χ2n) is 11.0. The smallest absolute Gasteiger partial charge is 0.238 e. The van der Waals surface area contributed by atoms with E-state index in [2.05, 4.69) is 16.0 Å². The van der Waals surface area contributed by atoms with Gasteiger partial charge in [-0.2, -0.15) is 0 Å². The Morgan fingerprint density at radius 3 is 2.55 bits per heavy atom. The molecule has 3 amide bonds. The number of halogens is 3. The molecule has 3 atom stereocenters. The van der Waals surface area contributed by atoms with Crippen LogP contribution in [0.1, 0.15) is 56.1 Å². The van der Waals surface area contributed by atoms with E-state index in [9.17, 15) is 14.4 Å². The van der Waals surface area contributed by atoms with Crippen LogP contribution in [0.3, 0.4) is 0 Å². The molecular weight excluding hydrogens is 530 g/mol. The average Bonchev–Trinajstić information content (AvgIpc) is 3.30. The monoisotopic (exact) mass is 558 g/mol. The van der Waals surface area contributed by atoms with Crippen molar-refractivity contribution in [1.29, 1.82) is 0 Å². The van der Waals surface area contributed by atoms with Gasteiger partial charge < -0.3 is 15.5 Å². The lowest BCUT2D eigenvalue weighted by Crippen LogP contribution is -2.63. The van der Waals surface area contributed by atoms with Crippen LogP contribution >= 0.6 is 23.2 Å². The number of hydrogen-bond donors (Lipinski definition) is 3.